The van der Waals surface area contributed by atoms with Gasteiger partial charge in [0.1, 0.15) is 0 Å². The number of rotatable bonds is 8. The monoisotopic (exact) mass is 282 g/mol. The maximum atomic E-state index is 3.83. The lowest BCUT2D eigenvalue weighted by Crippen LogP contribution is -2.54. The van der Waals surface area contributed by atoms with E-state index < -0.39 is 0 Å². The first-order chi connectivity index (χ1) is 9.43. The van der Waals surface area contributed by atoms with E-state index in [1.165, 1.54) is 45.3 Å². The molecule has 1 aliphatic carbocycles. The van der Waals surface area contributed by atoms with Crippen LogP contribution in [0, 0.1) is 17.8 Å². The highest BCUT2D eigenvalue weighted by Crippen LogP contribution is 2.29. The van der Waals surface area contributed by atoms with Gasteiger partial charge in [-0.1, -0.05) is 41.5 Å². The lowest BCUT2D eigenvalue weighted by atomic mass is 9.82. The summed E-state index contributed by atoms with van der Waals surface area (Å²) in [6.07, 6.45) is 5.38. The molecule has 3 unspecified atom stereocenters. The Kier molecular flexibility index (Phi) is 8.13. The van der Waals surface area contributed by atoms with Gasteiger partial charge in [-0.15, -0.1) is 0 Å². The van der Waals surface area contributed by atoms with Gasteiger partial charge in [-0.25, -0.2) is 0 Å². The second-order valence-corrected chi connectivity index (χ2v) is 7.79. The van der Waals surface area contributed by atoms with Crippen LogP contribution in [-0.4, -0.2) is 36.6 Å². The van der Waals surface area contributed by atoms with Crippen LogP contribution >= 0.6 is 0 Å². The number of hydrogen-bond donors (Lipinski definition) is 1. The van der Waals surface area contributed by atoms with Crippen LogP contribution in [0.2, 0.25) is 0 Å². The molecule has 120 valence electrons. The van der Waals surface area contributed by atoms with Crippen molar-refractivity contribution in [2.75, 3.05) is 19.6 Å². The Balaban J connectivity index is 2.73. The predicted octanol–water partition coefficient (Wildman–Crippen LogP) is 4.16. The zero-order valence-corrected chi connectivity index (χ0v) is 14.8. The van der Waals surface area contributed by atoms with Crippen molar-refractivity contribution in [3.63, 3.8) is 0 Å². The maximum Gasteiger partial charge on any atom is 0.0252 e. The molecule has 2 nitrogen and oxygen atoms in total. The largest absolute Gasteiger partial charge is 0.312 e. The van der Waals surface area contributed by atoms with E-state index in [0.717, 1.165) is 23.8 Å². The Morgan fingerprint density at radius 2 is 1.65 bits per heavy atom. The zero-order chi connectivity index (χ0) is 15.1. The molecule has 0 amide bonds. The standard InChI is InChI=1S/C18H38N2/c1-7-10-19-17-9-8-16(6)11-18(17)20(12-14(2)3)13-15(4)5/h14-19H,7-13H2,1-6H3. The minimum atomic E-state index is 0.712. The van der Waals surface area contributed by atoms with Crippen LogP contribution < -0.4 is 5.32 Å². The third-order valence-electron chi connectivity index (χ3n) is 4.40. The fourth-order valence-electron chi connectivity index (χ4n) is 3.61. The van der Waals surface area contributed by atoms with Crippen LogP contribution in [0.3, 0.4) is 0 Å². The first-order valence-corrected chi connectivity index (χ1v) is 8.91. The molecule has 3 atom stereocenters. The number of nitrogens with one attached hydrogen (secondary N) is 1. The summed E-state index contributed by atoms with van der Waals surface area (Å²) < 4.78 is 0. The Hall–Kier alpha value is -0.0800. The zero-order valence-electron chi connectivity index (χ0n) is 14.8. The van der Waals surface area contributed by atoms with Crippen LogP contribution in [0.25, 0.3) is 0 Å². The van der Waals surface area contributed by atoms with Gasteiger partial charge in [0.2, 0.25) is 0 Å². The molecule has 0 heterocycles. The highest BCUT2D eigenvalue weighted by atomic mass is 15.2. The first-order valence-electron chi connectivity index (χ1n) is 8.91. The first kappa shape index (κ1) is 18.0. The van der Waals surface area contributed by atoms with E-state index >= 15 is 0 Å². The van der Waals surface area contributed by atoms with Gasteiger partial charge < -0.3 is 5.32 Å². The molecule has 1 rings (SSSR count). The highest BCUT2D eigenvalue weighted by molar-refractivity contribution is 4.91. The van der Waals surface area contributed by atoms with Gasteiger partial charge >= 0.3 is 0 Å². The van der Waals surface area contributed by atoms with Crippen LogP contribution in [0.15, 0.2) is 0 Å². The summed E-state index contributed by atoms with van der Waals surface area (Å²) in [6.45, 7) is 17.8. The lowest BCUT2D eigenvalue weighted by Gasteiger charge is -2.44. The number of hydrogen-bond acceptors (Lipinski definition) is 2. The Morgan fingerprint density at radius 1 is 1.05 bits per heavy atom. The molecule has 1 saturated carbocycles. The summed E-state index contributed by atoms with van der Waals surface area (Å²) in [5, 5.41) is 3.83. The second kappa shape index (κ2) is 9.04. The topological polar surface area (TPSA) is 15.3 Å². The highest BCUT2D eigenvalue weighted by Gasteiger charge is 2.32. The molecule has 0 aromatic heterocycles. The summed E-state index contributed by atoms with van der Waals surface area (Å²) in [7, 11) is 0. The third kappa shape index (κ3) is 6.13. The molecule has 0 aromatic rings. The second-order valence-electron chi connectivity index (χ2n) is 7.79. The van der Waals surface area contributed by atoms with Crippen molar-refractivity contribution in [2.45, 2.75) is 79.3 Å². The summed E-state index contributed by atoms with van der Waals surface area (Å²) in [5.74, 6) is 2.41. The molecule has 1 aliphatic rings. The molecule has 20 heavy (non-hydrogen) atoms. The van der Waals surface area contributed by atoms with Gasteiger partial charge in [0, 0.05) is 25.2 Å². The summed E-state index contributed by atoms with van der Waals surface area (Å²) in [4.78, 5) is 2.79. The van der Waals surface area contributed by atoms with Gasteiger partial charge in [0.15, 0.2) is 0 Å². The Labute approximate surface area is 127 Å². The lowest BCUT2D eigenvalue weighted by molar-refractivity contribution is 0.0797. The molecule has 1 fully saturated rings. The van der Waals surface area contributed by atoms with Crippen LogP contribution in [0.1, 0.15) is 67.2 Å². The van der Waals surface area contributed by atoms with Gasteiger partial charge in [0.25, 0.3) is 0 Å². The number of nitrogens with zero attached hydrogens (tertiary/aromatic N) is 1. The van der Waals surface area contributed by atoms with Crippen molar-refractivity contribution < 1.29 is 0 Å². The smallest absolute Gasteiger partial charge is 0.0252 e. The van der Waals surface area contributed by atoms with Crippen LogP contribution in [0.4, 0.5) is 0 Å². The Morgan fingerprint density at radius 3 is 2.15 bits per heavy atom. The molecular weight excluding hydrogens is 244 g/mol. The summed E-state index contributed by atoms with van der Waals surface area (Å²) in [5.41, 5.74) is 0. The fourth-order valence-corrected chi connectivity index (χ4v) is 3.61. The van der Waals surface area contributed by atoms with E-state index in [0.29, 0.717) is 6.04 Å². The molecule has 2 heteroatoms. The molecule has 0 spiro atoms. The molecule has 0 aliphatic heterocycles. The van der Waals surface area contributed by atoms with E-state index in [1.807, 2.05) is 0 Å². The summed E-state index contributed by atoms with van der Waals surface area (Å²) >= 11 is 0. The summed E-state index contributed by atoms with van der Waals surface area (Å²) in [6, 6.07) is 1.46. The molecular formula is C18H38N2. The van der Waals surface area contributed by atoms with Gasteiger partial charge in [-0.05, 0) is 50.0 Å². The van der Waals surface area contributed by atoms with Crippen molar-refractivity contribution in [1.82, 2.24) is 10.2 Å². The van der Waals surface area contributed by atoms with Crippen molar-refractivity contribution >= 4 is 0 Å². The average molecular weight is 283 g/mol. The minimum Gasteiger partial charge on any atom is -0.312 e. The van der Waals surface area contributed by atoms with Gasteiger partial charge in [-0.3, -0.25) is 4.90 Å². The molecule has 1 N–H and O–H groups in total. The quantitative estimate of drug-likeness (QED) is 0.719. The third-order valence-corrected chi connectivity index (χ3v) is 4.40. The van der Waals surface area contributed by atoms with Crippen molar-refractivity contribution in [3.8, 4) is 0 Å². The predicted molar refractivity (Wildman–Crippen MR) is 90.1 cm³/mol. The van der Waals surface area contributed by atoms with Crippen molar-refractivity contribution in [2.24, 2.45) is 17.8 Å². The van der Waals surface area contributed by atoms with Crippen molar-refractivity contribution in [3.05, 3.63) is 0 Å². The SMILES string of the molecule is CCCNC1CCC(C)CC1N(CC(C)C)CC(C)C. The van der Waals surface area contributed by atoms with E-state index in [-0.39, 0.29) is 0 Å². The average Bonchev–Trinajstić information content (AvgIpc) is 2.35. The van der Waals surface area contributed by atoms with Gasteiger partial charge in [-0.2, -0.15) is 0 Å². The van der Waals surface area contributed by atoms with Gasteiger partial charge in [0.05, 0.1) is 0 Å². The van der Waals surface area contributed by atoms with Crippen molar-refractivity contribution in [1.29, 1.82) is 0 Å². The molecule has 0 bridgehead atoms. The normalized spacial score (nSPS) is 27.8. The molecule has 0 aromatic carbocycles. The fraction of sp³-hybridized carbons (Fsp3) is 1.00. The minimum absolute atomic E-state index is 0.712. The van der Waals surface area contributed by atoms with Crippen LogP contribution in [0.5, 0.6) is 0 Å². The maximum absolute atomic E-state index is 3.83. The van der Waals surface area contributed by atoms with Crippen LogP contribution in [-0.2, 0) is 0 Å². The Bertz CT molecular complexity index is 238. The van der Waals surface area contributed by atoms with E-state index in [1.54, 1.807) is 0 Å². The van der Waals surface area contributed by atoms with E-state index in [9.17, 15) is 0 Å². The van der Waals surface area contributed by atoms with E-state index in [4.69, 9.17) is 0 Å². The molecule has 0 saturated heterocycles. The molecule has 0 radical (unpaired) electrons. The van der Waals surface area contributed by atoms with E-state index in [2.05, 4.69) is 51.8 Å².